The Kier molecular flexibility index (Phi) is 5.46. The summed E-state index contributed by atoms with van der Waals surface area (Å²) in [6.07, 6.45) is 0.721. The van der Waals surface area contributed by atoms with Crippen molar-refractivity contribution >= 4 is 21.4 Å². The average molecular weight is 325 g/mol. The highest BCUT2D eigenvalue weighted by atomic mass is 32.2. The molecular weight excluding hydrogens is 306 g/mol. The number of nitrogens with two attached hydrogens (primary N) is 1. The number of hydrogen-bond acceptors (Lipinski definition) is 5. The second-order valence-corrected chi connectivity index (χ2v) is 7.32. The average Bonchev–Trinajstić information content (AvgIpc) is 2.84. The molecule has 0 saturated heterocycles. The van der Waals surface area contributed by atoms with Crippen molar-refractivity contribution in [1.29, 1.82) is 0 Å². The second kappa shape index (κ2) is 7.13. The number of nitrogens with one attached hydrogen (secondary N) is 1. The van der Waals surface area contributed by atoms with Gasteiger partial charge in [0.1, 0.15) is 10.8 Å². The number of rotatable bonds is 7. The molecule has 1 aromatic carbocycles. The molecule has 2 aromatic rings. The van der Waals surface area contributed by atoms with Gasteiger partial charge in [-0.05, 0) is 12.1 Å². The van der Waals surface area contributed by atoms with Crippen molar-refractivity contribution in [2.75, 3.05) is 6.54 Å². The van der Waals surface area contributed by atoms with Crippen LogP contribution in [-0.2, 0) is 22.2 Å². The Morgan fingerprint density at radius 3 is 2.67 bits per heavy atom. The van der Waals surface area contributed by atoms with Gasteiger partial charge in [0.25, 0.3) is 0 Å². The van der Waals surface area contributed by atoms with E-state index in [9.17, 15) is 8.42 Å². The molecule has 0 bridgehead atoms. The van der Waals surface area contributed by atoms with E-state index in [0.717, 1.165) is 18.7 Å². The van der Waals surface area contributed by atoms with Crippen LogP contribution in [-0.4, -0.2) is 19.9 Å². The highest BCUT2D eigenvalue weighted by Crippen LogP contribution is 2.20. The van der Waals surface area contributed by atoms with Gasteiger partial charge in [0, 0.05) is 17.8 Å². The summed E-state index contributed by atoms with van der Waals surface area (Å²) in [6, 6.07) is 10.3. The summed E-state index contributed by atoms with van der Waals surface area (Å²) in [5.74, 6) is -0.200. The molecule has 3 N–H and O–H groups in total. The van der Waals surface area contributed by atoms with Crippen LogP contribution in [0.1, 0.15) is 29.2 Å². The van der Waals surface area contributed by atoms with Gasteiger partial charge >= 0.3 is 0 Å². The Morgan fingerprint density at radius 2 is 2.05 bits per heavy atom. The van der Waals surface area contributed by atoms with Crippen molar-refractivity contribution in [3.8, 4) is 0 Å². The van der Waals surface area contributed by atoms with Gasteiger partial charge < -0.3 is 5.32 Å². The number of benzene rings is 1. The molecule has 0 aliphatic carbocycles. The summed E-state index contributed by atoms with van der Waals surface area (Å²) in [5, 5.41) is 10.9. The molecule has 1 aromatic heterocycles. The van der Waals surface area contributed by atoms with Crippen LogP contribution in [0.4, 0.5) is 0 Å². The van der Waals surface area contributed by atoms with Gasteiger partial charge in [0.05, 0.1) is 5.69 Å². The van der Waals surface area contributed by atoms with E-state index in [1.165, 1.54) is 16.9 Å². The van der Waals surface area contributed by atoms with Crippen LogP contribution in [0.25, 0.3) is 0 Å². The summed E-state index contributed by atoms with van der Waals surface area (Å²) in [7, 11) is -3.52. The summed E-state index contributed by atoms with van der Waals surface area (Å²) in [6.45, 7) is 2.91. The summed E-state index contributed by atoms with van der Waals surface area (Å²) >= 11 is 1.33. The maximum absolute atomic E-state index is 11.1. The van der Waals surface area contributed by atoms with Gasteiger partial charge in [-0.2, -0.15) is 0 Å². The van der Waals surface area contributed by atoms with Gasteiger partial charge in [-0.15, -0.1) is 11.3 Å². The zero-order valence-electron chi connectivity index (χ0n) is 11.8. The lowest BCUT2D eigenvalue weighted by molar-refractivity contribution is 0.545. The largest absolute Gasteiger partial charge is 0.310 e. The summed E-state index contributed by atoms with van der Waals surface area (Å²) < 4.78 is 22.2. The SMILES string of the molecule is CCNC(Cc1csc(CS(N)(=O)=O)n1)c1ccccc1. The molecule has 5 nitrogen and oxygen atoms in total. The van der Waals surface area contributed by atoms with Crippen LogP contribution in [0.5, 0.6) is 0 Å². The minimum absolute atomic E-state index is 0.167. The number of thiazole rings is 1. The molecule has 1 atom stereocenters. The third kappa shape index (κ3) is 5.20. The quantitative estimate of drug-likeness (QED) is 0.813. The lowest BCUT2D eigenvalue weighted by atomic mass is 10.0. The number of aromatic nitrogens is 1. The molecule has 0 saturated carbocycles. The smallest absolute Gasteiger partial charge is 0.215 e. The van der Waals surface area contributed by atoms with Crippen LogP contribution >= 0.6 is 11.3 Å². The monoisotopic (exact) mass is 325 g/mol. The fourth-order valence-electron chi connectivity index (χ4n) is 2.13. The van der Waals surface area contributed by atoms with Crippen molar-refractivity contribution < 1.29 is 8.42 Å². The topological polar surface area (TPSA) is 85.1 Å². The molecule has 0 fully saturated rings. The summed E-state index contributed by atoms with van der Waals surface area (Å²) in [5.41, 5.74) is 2.08. The van der Waals surface area contributed by atoms with Crippen molar-refractivity contribution in [3.63, 3.8) is 0 Å². The molecule has 1 heterocycles. The number of hydrogen-bond donors (Lipinski definition) is 2. The molecule has 0 aliphatic heterocycles. The minimum Gasteiger partial charge on any atom is -0.310 e. The summed E-state index contributed by atoms with van der Waals surface area (Å²) in [4.78, 5) is 4.36. The predicted molar refractivity (Wildman–Crippen MR) is 85.5 cm³/mol. The Hall–Kier alpha value is -1.28. The normalized spacial score (nSPS) is 13.2. The number of sulfonamides is 1. The van der Waals surface area contributed by atoms with E-state index in [-0.39, 0.29) is 11.8 Å². The van der Waals surface area contributed by atoms with Crippen LogP contribution in [0.2, 0.25) is 0 Å². The lowest BCUT2D eigenvalue weighted by Gasteiger charge is -2.17. The van der Waals surface area contributed by atoms with E-state index in [1.54, 1.807) is 0 Å². The van der Waals surface area contributed by atoms with Gasteiger partial charge in [-0.3, -0.25) is 0 Å². The zero-order valence-corrected chi connectivity index (χ0v) is 13.5. The Labute approximate surface area is 129 Å². The van der Waals surface area contributed by atoms with Crippen molar-refractivity contribution in [2.45, 2.75) is 25.1 Å². The van der Waals surface area contributed by atoms with Crippen molar-refractivity contribution in [3.05, 3.63) is 52.0 Å². The third-order valence-corrected chi connectivity index (χ3v) is 4.75. The van der Waals surface area contributed by atoms with E-state index < -0.39 is 10.0 Å². The third-order valence-electron chi connectivity index (χ3n) is 2.99. The molecule has 1 unspecified atom stereocenters. The lowest BCUT2D eigenvalue weighted by Crippen LogP contribution is -2.23. The molecule has 2 rings (SSSR count). The van der Waals surface area contributed by atoms with Gasteiger partial charge in [-0.1, -0.05) is 37.3 Å². The molecule has 7 heteroatoms. The van der Waals surface area contributed by atoms with E-state index >= 15 is 0 Å². The predicted octanol–water partition coefficient (Wildman–Crippen LogP) is 1.82. The standard InChI is InChI=1S/C14H19N3O2S2/c1-2-16-13(11-6-4-3-5-7-11)8-12-9-20-14(17-12)10-21(15,18)19/h3-7,9,13,16H,2,8,10H2,1H3,(H2,15,18,19). The van der Waals surface area contributed by atoms with Gasteiger partial charge in [0.15, 0.2) is 0 Å². The Morgan fingerprint density at radius 1 is 1.33 bits per heavy atom. The Bertz CT molecular complexity index is 669. The first kappa shape index (κ1) is 16.1. The highest BCUT2D eigenvalue weighted by Gasteiger charge is 2.14. The molecular formula is C14H19N3O2S2. The van der Waals surface area contributed by atoms with Crippen LogP contribution < -0.4 is 10.5 Å². The molecule has 0 aliphatic rings. The number of primary sulfonamides is 1. The van der Waals surface area contributed by atoms with Crippen molar-refractivity contribution in [1.82, 2.24) is 10.3 Å². The van der Waals surface area contributed by atoms with E-state index in [2.05, 4.69) is 29.4 Å². The van der Waals surface area contributed by atoms with Crippen molar-refractivity contribution in [2.24, 2.45) is 5.14 Å². The molecule has 0 amide bonds. The fraction of sp³-hybridized carbons (Fsp3) is 0.357. The van der Waals surface area contributed by atoms with Crippen LogP contribution in [0.3, 0.4) is 0 Å². The highest BCUT2D eigenvalue weighted by molar-refractivity contribution is 7.88. The fourth-order valence-corrected chi connectivity index (χ4v) is 3.89. The Balaban J connectivity index is 2.11. The van der Waals surface area contributed by atoms with Crippen LogP contribution in [0.15, 0.2) is 35.7 Å². The number of likely N-dealkylation sites (N-methyl/N-ethyl adjacent to an activating group) is 1. The maximum Gasteiger partial charge on any atom is 0.215 e. The second-order valence-electron chi connectivity index (χ2n) is 4.76. The first-order chi connectivity index (χ1) is 9.98. The first-order valence-corrected chi connectivity index (χ1v) is 9.29. The molecule has 0 spiro atoms. The molecule has 0 radical (unpaired) electrons. The van der Waals surface area contributed by atoms with Gasteiger partial charge in [-0.25, -0.2) is 18.5 Å². The maximum atomic E-state index is 11.1. The molecule has 21 heavy (non-hydrogen) atoms. The minimum atomic E-state index is -3.52. The first-order valence-electron chi connectivity index (χ1n) is 6.70. The molecule has 114 valence electrons. The van der Waals surface area contributed by atoms with E-state index in [4.69, 9.17) is 5.14 Å². The van der Waals surface area contributed by atoms with Gasteiger partial charge in [0.2, 0.25) is 10.0 Å². The van der Waals surface area contributed by atoms with E-state index in [0.29, 0.717) is 5.01 Å². The zero-order chi connectivity index (χ0) is 15.3. The van der Waals surface area contributed by atoms with E-state index in [1.807, 2.05) is 23.6 Å². The van der Waals surface area contributed by atoms with Crippen LogP contribution in [0, 0.1) is 0 Å². The number of nitrogens with zero attached hydrogens (tertiary/aromatic N) is 1.